The third-order valence-corrected chi connectivity index (χ3v) is 2.62. The fraction of sp³-hybridized carbons (Fsp3) is 0.889. The summed E-state index contributed by atoms with van der Waals surface area (Å²) >= 11 is 0. The van der Waals surface area contributed by atoms with Gasteiger partial charge in [-0.05, 0) is 0 Å². The van der Waals surface area contributed by atoms with Crippen molar-refractivity contribution < 1.29 is 19.0 Å². The van der Waals surface area contributed by atoms with E-state index in [-0.39, 0.29) is 11.9 Å². The van der Waals surface area contributed by atoms with Crippen LogP contribution < -0.4 is 5.32 Å². The molecule has 1 heterocycles. The Labute approximate surface area is 83.7 Å². The fourth-order valence-electron chi connectivity index (χ4n) is 1.68. The lowest BCUT2D eigenvalue weighted by atomic mass is 9.94. The van der Waals surface area contributed by atoms with Gasteiger partial charge >= 0.3 is 5.97 Å². The maximum absolute atomic E-state index is 11.3. The van der Waals surface area contributed by atoms with E-state index in [4.69, 9.17) is 9.47 Å². The molecule has 0 saturated carbocycles. The molecule has 0 spiro atoms. The van der Waals surface area contributed by atoms with Crippen molar-refractivity contribution in [3.63, 3.8) is 0 Å². The topological polar surface area (TPSA) is 56.8 Å². The van der Waals surface area contributed by atoms with Crippen LogP contribution in [-0.4, -0.2) is 46.2 Å². The number of carbonyl (C=O) groups is 1. The van der Waals surface area contributed by atoms with Gasteiger partial charge in [-0.2, -0.15) is 0 Å². The molecule has 0 aromatic carbocycles. The van der Waals surface area contributed by atoms with Crippen LogP contribution in [0.4, 0.5) is 0 Å². The van der Waals surface area contributed by atoms with Gasteiger partial charge in [-0.1, -0.05) is 0 Å². The van der Waals surface area contributed by atoms with Gasteiger partial charge in [0.25, 0.3) is 0 Å². The van der Waals surface area contributed by atoms with Crippen LogP contribution in [0.15, 0.2) is 0 Å². The number of esters is 1. The largest absolute Gasteiger partial charge is 0.469 e. The van der Waals surface area contributed by atoms with Crippen LogP contribution in [0.1, 0.15) is 6.42 Å². The molecule has 0 aliphatic carbocycles. The van der Waals surface area contributed by atoms with E-state index in [0.29, 0.717) is 19.5 Å². The van der Waals surface area contributed by atoms with Gasteiger partial charge in [-0.3, -0.25) is 4.79 Å². The molecule has 5 heteroatoms. The first-order chi connectivity index (χ1) is 6.67. The molecule has 5 nitrogen and oxygen atoms in total. The van der Waals surface area contributed by atoms with Crippen molar-refractivity contribution in [3.8, 4) is 0 Å². The number of methoxy groups -OCH3 is 3. The Bertz CT molecular complexity index is 203. The quantitative estimate of drug-likeness (QED) is 0.506. The lowest BCUT2D eigenvalue weighted by Crippen LogP contribution is -2.53. The third-order valence-electron chi connectivity index (χ3n) is 2.62. The fourth-order valence-corrected chi connectivity index (χ4v) is 1.68. The zero-order chi connectivity index (χ0) is 10.6. The Morgan fingerprint density at radius 2 is 2.00 bits per heavy atom. The molecule has 1 unspecified atom stereocenters. The van der Waals surface area contributed by atoms with E-state index in [1.807, 2.05) is 0 Å². The van der Waals surface area contributed by atoms with Gasteiger partial charge in [-0.25, -0.2) is 0 Å². The number of ether oxygens (including phenoxy) is 3. The van der Waals surface area contributed by atoms with Crippen molar-refractivity contribution >= 4 is 5.97 Å². The first-order valence-corrected chi connectivity index (χ1v) is 4.56. The Morgan fingerprint density at radius 1 is 1.36 bits per heavy atom. The van der Waals surface area contributed by atoms with Gasteiger partial charge in [-0.15, -0.1) is 0 Å². The second kappa shape index (κ2) is 4.72. The summed E-state index contributed by atoms with van der Waals surface area (Å²) in [5.41, 5.74) is 0. The van der Waals surface area contributed by atoms with Gasteiger partial charge < -0.3 is 19.5 Å². The summed E-state index contributed by atoms with van der Waals surface area (Å²) in [6.45, 7) is 1.20. The summed E-state index contributed by atoms with van der Waals surface area (Å²) in [4.78, 5) is 11.3. The first kappa shape index (κ1) is 11.4. The minimum Gasteiger partial charge on any atom is -0.469 e. The average molecular weight is 203 g/mol. The van der Waals surface area contributed by atoms with Crippen molar-refractivity contribution in [1.29, 1.82) is 0 Å². The zero-order valence-electron chi connectivity index (χ0n) is 8.83. The predicted molar refractivity (Wildman–Crippen MR) is 49.7 cm³/mol. The smallest absolute Gasteiger partial charge is 0.310 e. The molecule has 1 saturated heterocycles. The second-order valence-corrected chi connectivity index (χ2v) is 3.37. The summed E-state index contributed by atoms with van der Waals surface area (Å²) in [5.74, 6) is -1.12. The van der Waals surface area contributed by atoms with E-state index in [1.165, 1.54) is 7.11 Å². The Morgan fingerprint density at radius 3 is 2.50 bits per heavy atom. The maximum atomic E-state index is 11.3. The monoisotopic (exact) mass is 203 g/mol. The van der Waals surface area contributed by atoms with Gasteiger partial charge in [0.1, 0.15) is 0 Å². The number of hydrogen-bond acceptors (Lipinski definition) is 5. The molecule has 1 atom stereocenters. The molecule has 0 aromatic heterocycles. The number of nitrogens with one attached hydrogen (secondary N) is 1. The SMILES string of the molecule is COC(=O)C1CNCC(OC)(OC)C1. The normalized spacial score (nSPS) is 25.8. The number of hydrogen-bond donors (Lipinski definition) is 1. The molecule has 1 aliphatic rings. The summed E-state index contributed by atoms with van der Waals surface area (Å²) in [6.07, 6.45) is 0.527. The summed E-state index contributed by atoms with van der Waals surface area (Å²) in [5, 5.41) is 3.09. The third kappa shape index (κ3) is 2.23. The molecule has 0 amide bonds. The van der Waals surface area contributed by atoms with Crippen molar-refractivity contribution in [2.75, 3.05) is 34.4 Å². The van der Waals surface area contributed by atoms with E-state index in [1.54, 1.807) is 14.2 Å². The Hall–Kier alpha value is -0.650. The highest BCUT2D eigenvalue weighted by Gasteiger charge is 2.39. The molecular weight excluding hydrogens is 186 g/mol. The van der Waals surface area contributed by atoms with E-state index >= 15 is 0 Å². The molecular formula is C9H17NO4. The van der Waals surface area contributed by atoms with E-state index < -0.39 is 5.79 Å². The van der Waals surface area contributed by atoms with Gasteiger partial charge in [0.05, 0.1) is 13.0 Å². The molecule has 0 radical (unpaired) electrons. The summed E-state index contributed by atoms with van der Waals surface area (Å²) < 4.78 is 15.2. The predicted octanol–water partition coefficient (Wildman–Crippen LogP) is -0.242. The minimum absolute atomic E-state index is 0.200. The molecule has 1 rings (SSSR count). The first-order valence-electron chi connectivity index (χ1n) is 4.56. The molecule has 0 bridgehead atoms. The van der Waals surface area contributed by atoms with E-state index in [9.17, 15) is 4.79 Å². The number of piperidine rings is 1. The van der Waals surface area contributed by atoms with Crippen LogP contribution in [0.25, 0.3) is 0 Å². The van der Waals surface area contributed by atoms with Crippen LogP contribution in [0.3, 0.4) is 0 Å². The van der Waals surface area contributed by atoms with E-state index in [0.717, 1.165) is 0 Å². The van der Waals surface area contributed by atoms with Crippen molar-refractivity contribution in [2.24, 2.45) is 5.92 Å². The van der Waals surface area contributed by atoms with Crippen LogP contribution in [0, 0.1) is 5.92 Å². The summed E-state index contributed by atoms with van der Waals surface area (Å²) in [7, 11) is 4.54. The maximum Gasteiger partial charge on any atom is 0.310 e. The second-order valence-electron chi connectivity index (χ2n) is 3.37. The van der Waals surface area contributed by atoms with Crippen LogP contribution in [-0.2, 0) is 19.0 Å². The lowest BCUT2D eigenvalue weighted by molar-refractivity contribution is -0.224. The van der Waals surface area contributed by atoms with Crippen LogP contribution in [0.2, 0.25) is 0 Å². The molecule has 1 N–H and O–H groups in total. The molecule has 1 fully saturated rings. The van der Waals surface area contributed by atoms with Gasteiger partial charge in [0, 0.05) is 33.7 Å². The van der Waals surface area contributed by atoms with Crippen LogP contribution in [0.5, 0.6) is 0 Å². The Balaban J connectivity index is 2.62. The van der Waals surface area contributed by atoms with Crippen molar-refractivity contribution in [2.45, 2.75) is 12.2 Å². The highest BCUT2D eigenvalue weighted by molar-refractivity contribution is 5.72. The zero-order valence-corrected chi connectivity index (χ0v) is 8.83. The van der Waals surface area contributed by atoms with Crippen LogP contribution >= 0.6 is 0 Å². The highest BCUT2D eigenvalue weighted by atomic mass is 16.7. The average Bonchev–Trinajstić information content (AvgIpc) is 2.28. The van der Waals surface area contributed by atoms with Gasteiger partial charge in [0.2, 0.25) is 0 Å². The van der Waals surface area contributed by atoms with Gasteiger partial charge in [0.15, 0.2) is 5.79 Å². The van der Waals surface area contributed by atoms with Crippen molar-refractivity contribution in [1.82, 2.24) is 5.32 Å². The highest BCUT2D eigenvalue weighted by Crippen LogP contribution is 2.25. The molecule has 1 aliphatic heterocycles. The summed E-state index contributed by atoms with van der Waals surface area (Å²) in [6, 6.07) is 0. The minimum atomic E-state index is -0.697. The standard InChI is InChI=1S/C9H17NO4/c1-12-8(11)7-4-9(13-2,14-3)6-10-5-7/h7,10H,4-6H2,1-3H3. The molecule has 0 aromatic rings. The van der Waals surface area contributed by atoms with Crippen molar-refractivity contribution in [3.05, 3.63) is 0 Å². The Kier molecular flexibility index (Phi) is 3.86. The lowest BCUT2D eigenvalue weighted by Gasteiger charge is -2.37. The molecule has 82 valence electrons. The molecule has 14 heavy (non-hydrogen) atoms. The number of rotatable bonds is 3. The van der Waals surface area contributed by atoms with E-state index in [2.05, 4.69) is 10.1 Å². The number of carbonyl (C=O) groups excluding carboxylic acids is 1.